The van der Waals surface area contributed by atoms with Crippen molar-refractivity contribution in [1.82, 2.24) is 38.7 Å². The van der Waals surface area contributed by atoms with E-state index in [0.717, 1.165) is 61.2 Å². The number of imidazole rings is 2. The zero-order valence-electron chi connectivity index (χ0n) is 47.7. The number of ether oxygens (including phenoxy) is 2. The fourth-order valence-corrected chi connectivity index (χ4v) is 8.79. The summed E-state index contributed by atoms with van der Waals surface area (Å²) in [4.78, 5) is 46.4. The number of rotatable bonds is 16. The largest absolute Gasteiger partial charge is 0.491 e. The average molecular weight is 1120 g/mol. The zero-order valence-corrected chi connectivity index (χ0v) is 47.7. The summed E-state index contributed by atoms with van der Waals surface area (Å²) in [5.74, 6) is 3.51. The number of hydrogen-bond acceptors (Lipinski definition) is 10. The van der Waals surface area contributed by atoms with Crippen molar-refractivity contribution < 1.29 is 23.9 Å². The van der Waals surface area contributed by atoms with Crippen molar-refractivity contribution in [2.75, 3.05) is 45.5 Å². The zero-order chi connectivity index (χ0) is 58.1. The third kappa shape index (κ3) is 14.9. The van der Waals surface area contributed by atoms with Crippen LogP contribution in [0, 0.1) is 13.8 Å². The van der Waals surface area contributed by atoms with Crippen LogP contribution in [0.3, 0.4) is 0 Å². The van der Waals surface area contributed by atoms with E-state index in [4.69, 9.17) is 25.4 Å². The molecule has 83 heavy (non-hydrogen) atoms. The standard InChI is InChI=1S/C33H37N7O3.C30H33N7O2.CH4/c1-6-31(41)36-29-20-39(21-34-29)17-18-43-27-16-15-26(24-9-7-8-10-25(24)27)35-32(42)37-30-19-28(33(3,4)5)38-40(30)23-13-11-22(2)12-14-23;1-20-9-11-21(12-10-20)37-28(17-26(35-37)30(2,3)4)34-29(38)33-24-13-14-25(23-8-6-5-7-22(23)24)39-16-15-36-18-27(31)32-19-36;/h7-16,19-21H,6,17-18H2,1-5H3,(H,36,41)(H2,35,37,42);5-14,17-19H,15-16,31H2,1-4H3,(H2,33,34,38);1H4. The fraction of sp³-hybridized carbons (Fsp3) is 0.266. The smallest absolute Gasteiger partial charge is 0.324 e. The van der Waals surface area contributed by atoms with Gasteiger partial charge < -0.3 is 40.3 Å². The van der Waals surface area contributed by atoms with Gasteiger partial charge in [-0.05, 0) is 62.4 Å². The van der Waals surface area contributed by atoms with Crippen LogP contribution < -0.4 is 41.8 Å². The number of carbonyl (C=O) groups is 3. The highest BCUT2D eigenvalue weighted by molar-refractivity contribution is 6.08. The second-order valence-electron chi connectivity index (χ2n) is 21.9. The van der Waals surface area contributed by atoms with Gasteiger partial charge in [-0.15, -0.1) is 0 Å². The Morgan fingerprint density at radius 1 is 0.530 bits per heavy atom. The number of urea groups is 2. The first kappa shape index (κ1) is 59.2. The summed E-state index contributed by atoms with van der Waals surface area (Å²) in [6.07, 6.45) is 7.27. The number of nitrogens with zero attached hydrogens (tertiary/aromatic N) is 8. The Labute approximate surface area is 484 Å². The number of aromatic nitrogens is 8. The molecule has 4 aromatic heterocycles. The Balaban J connectivity index is 0.000000215. The lowest BCUT2D eigenvalue weighted by Gasteiger charge is -2.14. The Morgan fingerprint density at radius 2 is 0.952 bits per heavy atom. The van der Waals surface area contributed by atoms with E-state index in [9.17, 15) is 14.4 Å². The quantitative estimate of drug-likeness (QED) is 0.0536. The molecule has 430 valence electrons. The molecule has 0 saturated carbocycles. The molecule has 0 aliphatic rings. The molecule has 0 bridgehead atoms. The Bertz CT molecular complexity index is 3860. The number of nitrogens with two attached hydrogens (primary N) is 1. The van der Waals surface area contributed by atoms with Crippen molar-refractivity contribution in [3.63, 3.8) is 0 Å². The van der Waals surface area contributed by atoms with Gasteiger partial charge in [0, 0.05) is 63.3 Å². The third-order valence-corrected chi connectivity index (χ3v) is 13.3. The number of fused-ring (bicyclic) bond motifs is 2. The van der Waals surface area contributed by atoms with Gasteiger partial charge in [0.25, 0.3) is 0 Å². The second kappa shape index (κ2) is 25.7. The molecule has 4 heterocycles. The fourth-order valence-electron chi connectivity index (χ4n) is 8.79. The van der Waals surface area contributed by atoms with Gasteiger partial charge >= 0.3 is 12.1 Å². The van der Waals surface area contributed by atoms with E-state index in [2.05, 4.69) is 78.1 Å². The molecule has 0 saturated heterocycles. The van der Waals surface area contributed by atoms with Gasteiger partial charge in [-0.1, -0.05) is 140 Å². The van der Waals surface area contributed by atoms with Crippen LogP contribution in [0.2, 0.25) is 0 Å². The maximum Gasteiger partial charge on any atom is 0.324 e. The van der Waals surface area contributed by atoms with Gasteiger partial charge in [-0.3, -0.25) is 15.4 Å². The maximum atomic E-state index is 13.3. The molecular weight excluding hydrogens is 1040 g/mol. The maximum absolute atomic E-state index is 13.3. The van der Waals surface area contributed by atoms with E-state index in [0.29, 0.717) is 73.1 Å². The first-order chi connectivity index (χ1) is 39.3. The number of nitrogen functional groups attached to an aromatic ring is 1. The van der Waals surface area contributed by atoms with Gasteiger partial charge in [-0.25, -0.2) is 28.9 Å². The predicted octanol–water partition coefficient (Wildman–Crippen LogP) is 13.7. The van der Waals surface area contributed by atoms with Crippen molar-refractivity contribution >= 4 is 74.2 Å². The lowest BCUT2D eigenvalue weighted by atomic mass is 9.92. The summed E-state index contributed by atoms with van der Waals surface area (Å²) in [5.41, 5.74) is 12.4. The summed E-state index contributed by atoms with van der Waals surface area (Å²) in [6.45, 7) is 20.4. The van der Waals surface area contributed by atoms with Crippen molar-refractivity contribution in [3.05, 3.63) is 181 Å². The molecule has 19 nitrogen and oxygen atoms in total. The summed E-state index contributed by atoms with van der Waals surface area (Å²) in [7, 11) is 0. The topological polar surface area (TPSA) is 227 Å². The monoisotopic (exact) mass is 1120 g/mol. The van der Waals surface area contributed by atoms with E-state index in [-0.39, 0.29) is 36.2 Å². The second-order valence-corrected chi connectivity index (χ2v) is 21.9. The molecule has 0 aliphatic heterocycles. The number of amides is 5. The highest BCUT2D eigenvalue weighted by Crippen LogP contribution is 2.35. The molecule has 0 radical (unpaired) electrons. The molecule has 10 aromatic rings. The lowest BCUT2D eigenvalue weighted by Crippen LogP contribution is -2.21. The molecule has 10 rings (SSSR count). The van der Waals surface area contributed by atoms with Crippen LogP contribution in [0.4, 0.5) is 44.2 Å². The van der Waals surface area contributed by atoms with Crippen LogP contribution in [0.1, 0.15) is 84.8 Å². The Morgan fingerprint density at radius 3 is 1.36 bits per heavy atom. The Kier molecular flexibility index (Phi) is 18.3. The molecule has 7 N–H and O–H groups in total. The van der Waals surface area contributed by atoms with Gasteiger partial charge in [0.2, 0.25) is 5.91 Å². The van der Waals surface area contributed by atoms with E-state index >= 15 is 0 Å². The van der Waals surface area contributed by atoms with Crippen LogP contribution in [-0.4, -0.2) is 69.8 Å². The molecule has 5 amide bonds. The van der Waals surface area contributed by atoms with Crippen LogP contribution in [0.25, 0.3) is 32.9 Å². The van der Waals surface area contributed by atoms with Crippen molar-refractivity contribution in [3.8, 4) is 22.9 Å². The SMILES string of the molecule is C.CCC(=O)Nc1cn(CCOc2ccc(NC(=O)Nc3cc(C(C)(C)C)nn3-c3ccc(C)cc3)c3ccccc23)cn1.Cc1ccc(-n2nc(C(C)(C)C)cc2NC(=O)Nc2ccc(OCCn3cnc(N)c3)c3ccccc23)cc1. The number of anilines is 6. The number of carbonyl (C=O) groups excluding carboxylic acids is 3. The minimum atomic E-state index is -0.376. The Hall–Kier alpha value is -9.91. The summed E-state index contributed by atoms with van der Waals surface area (Å²) < 4.78 is 19.5. The van der Waals surface area contributed by atoms with Crippen molar-refractivity contribution in [2.24, 2.45) is 0 Å². The normalized spacial score (nSPS) is 11.3. The molecule has 0 fully saturated rings. The van der Waals surface area contributed by atoms with Gasteiger partial charge in [0.1, 0.15) is 42.2 Å². The number of hydrogen-bond donors (Lipinski definition) is 6. The van der Waals surface area contributed by atoms with Crippen LogP contribution in [0.15, 0.2) is 159 Å². The number of benzene rings is 6. The van der Waals surface area contributed by atoms with Gasteiger partial charge in [0.15, 0.2) is 5.82 Å². The first-order valence-corrected chi connectivity index (χ1v) is 27.2. The minimum absolute atomic E-state index is 0. The summed E-state index contributed by atoms with van der Waals surface area (Å²) in [6, 6.07) is 42.2. The van der Waals surface area contributed by atoms with Crippen LogP contribution >= 0.6 is 0 Å². The van der Waals surface area contributed by atoms with E-state index in [1.807, 2.05) is 156 Å². The predicted molar refractivity (Wildman–Crippen MR) is 333 cm³/mol. The third-order valence-electron chi connectivity index (χ3n) is 13.3. The van der Waals surface area contributed by atoms with E-state index in [1.54, 1.807) is 41.3 Å². The molecule has 0 atom stereocenters. The minimum Gasteiger partial charge on any atom is -0.491 e. The summed E-state index contributed by atoms with van der Waals surface area (Å²) >= 11 is 0. The average Bonchev–Trinajstić information content (AvgIpc) is 4.27. The van der Waals surface area contributed by atoms with E-state index < -0.39 is 0 Å². The van der Waals surface area contributed by atoms with Crippen LogP contribution in [0.5, 0.6) is 11.5 Å². The van der Waals surface area contributed by atoms with Crippen LogP contribution in [-0.2, 0) is 28.7 Å². The molecule has 0 spiro atoms. The molecule has 6 aromatic carbocycles. The molecule has 0 unspecified atom stereocenters. The lowest BCUT2D eigenvalue weighted by molar-refractivity contribution is -0.115. The molecule has 19 heteroatoms. The molecule has 0 aliphatic carbocycles. The van der Waals surface area contributed by atoms with Gasteiger partial charge in [-0.2, -0.15) is 10.2 Å². The van der Waals surface area contributed by atoms with Gasteiger partial charge in [0.05, 0.1) is 59.9 Å². The number of nitrogens with one attached hydrogen (secondary N) is 5. The number of aryl methyl sites for hydroxylation is 2. The van der Waals surface area contributed by atoms with Crippen molar-refractivity contribution in [2.45, 2.75) is 100 Å². The summed E-state index contributed by atoms with van der Waals surface area (Å²) in [5, 5.41) is 27.9. The highest BCUT2D eigenvalue weighted by atomic mass is 16.5. The van der Waals surface area contributed by atoms with Crippen molar-refractivity contribution in [1.29, 1.82) is 0 Å². The first-order valence-electron chi connectivity index (χ1n) is 27.2. The molecular formula is C64H74N14O5. The van der Waals surface area contributed by atoms with E-state index in [1.165, 1.54) is 0 Å². The highest BCUT2D eigenvalue weighted by Gasteiger charge is 2.24.